The molecule has 2 atom stereocenters. The number of nitrogens with zero attached hydrogens (tertiary/aromatic N) is 2. The van der Waals surface area contributed by atoms with Crippen LogP contribution in [0.4, 0.5) is 13.2 Å². The predicted octanol–water partition coefficient (Wildman–Crippen LogP) is 5.16. The molecule has 1 fully saturated rings. The van der Waals surface area contributed by atoms with E-state index in [1.807, 2.05) is 19.6 Å². The van der Waals surface area contributed by atoms with Gasteiger partial charge in [-0.25, -0.2) is 17.5 Å². The van der Waals surface area contributed by atoms with Crippen molar-refractivity contribution >= 4 is 47.6 Å². The van der Waals surface area contributed by atoms with Gasteiger partial charge in [-0.1, -0.05) is 56.0 Å². The van der Waals surface area contributed by atoms with E-state index in [0.717, 1.165) is 18.9 Å². The molecule has 1 aliphatic heterocycles. The van der Waals surface area contributed by atoms with Crippen LogP contribution < -0.4 is 0 Å². The van der Waals surface area contributed by atoms with E-state index in [9.17, 15) is 36.0 Å². The Morgan fingerprint density at radius 1 is 1.07 bits per heavy atom. The Kier molecular flexibility index (Phi) is 11.7. The standard InChI is InChI=1S/C29H37F3N2O7S2Si/c1-40-25(35)24(33(27(37)29(30,31)32)21-41-18-19-44(2,3)4)20-28(42-22-12-7-5-8-13-22)16-11-17-34(26(28)36)43(38,39)23-14-9-6-10-15-23/h5-10,12-15,24H,11,16-21H2,1-4H3. The third-order valence-electron chi connectivity index (χ3n) is 7.05. The lowest BCUT2D eigenvalue weighted by Crippen LogP contribution is -2.59. The molecular weight excluding hydrogens is 638 g/mol. The van der Waals surface area contributed by atoms with Crippen molar-refractivity contribution in [3.8, 4) is 0 Å². The van der Waals surface area contributed by atoms with Crippen molar-refractivity contribution in [2.75, 3.05) is 27.0 Å². The third-order valence-corrected chi connectivity index (χ3v) is 12.0. The van der Waals surface area contributed by atoms with Crippen LogP contribution in [0.5, 0.6) is 0 Å². The molecule has 9 nitrogen and oxygen atoms in total. The lowest BCUT2D eigenvalue weighted by atomic mass is 9.89. The second kappa shape index (κ2) is 14.5. The van der Waals surface area contributed by atoms with Gasteiger partial charge in [0.2, 0.25) is 0 Å². The summed E-state index contributed by atoms with van der Waals surface area (Å²) in [6, 6.07) is 14.4. The molecule has 3 rings (SSSR count). The van der Waals surface area contributed by atoms with E-state index >= 15 is 0 Å². The molecule has 2 aromatic carbocycles. The van der Waals surface area contributed by atoms with Crippen LogP contribution >= 0.6 is 11.8 Å². The molecule has 2 unspecified atom stereocenters. The van der Waals surface area contributed by atoms with Gasteiger partial charge in [0.15, 0.2) is 0 Å². The highest BCUT2D eigenvalue weighted by Gasteiger charge is 2.54. The molecule has 2 aromatic rings. The second-order valence-electron chi connectivity index (χ2n) is 11.6. The highest BCUT2D eigenvalue weighted by molar-refractivity contribution is 8.01. The molecule has 0 spiro atoms. The number of piperidine rings is 1. The summed E-state index contributed by atoms with van der Waals surface area (Å²) in [4.78, 5) is 40.8. The molecule has 0 radical (unpaired) electrons. The zero-order chi connectivity index (χ0) is 32.8. The zero-order valence-electron chi connectivity index (χ0n) is 25.0. The summed E-state index contributed by atoms with van der Waals surface area (Å²) in [5.74, 6) is -4.44. The van der Waals surface area contributed by atoms with E-state index in [1.165, 1.54) is 24.3 Å². The van der Waals surface area contributed by atoms with Crippen molar-refractivity contribution in [1.29, 1.82) is 0 Å². The van der Waals surface area contributed by atoms with E-state index in [-0.39, 0.29) is 35.8 Å². The monoisotopic (exact) mass is 674 g/mol. The predicted molar refractivity (Wildman–Crippen MR) is 162 cm³/mol. The van der Waals surface area contributed by atoms with Gasteiger partial charge in [0.25, 0.3) is 15.9 Å². The Labute approximate surface area is 261 Å². The molecule has 0 aliphatic carbocycles. The molecule has 2 amide bonds. The lowest BCUT2D eigenvalue weighted by molar-refractivity contribution is -0.196. The van der Waals surface area contributed by atoms with Crippen molar-refractivity contribution in [1.82, 2.24) is 9.21 Å². The fraction of sp³-hybridized carbons (Fsp3) is 0.483. The Hall–Kier alpha value is -2.88. The molecule has 0 N–H and O–H groups in total. The van der Waals surface area contributed by atoms with Crippen LogP contribution in [0.15, 0.2) is 70.5 Å². The number of ether oxygens (including phenoxy) is 2. The number of alkyl halides is 3. The molecule has 15 heteroatoms. The first kappa shape index (κ1) is 35.6. The number of thioether (sulfide) groups is 1. The van der Waals surface area contributed by atoms with Gasteiger partial charge >= 0.3 is 18.1 Å². The number of carbonyl (C=O) groups excluding carboxylic acids is 3. The number of benzene rings is 2. The number of halogens is 3. The van der Waals surface area contributed by atoms with Crippen molar-refractivity contribution in [2.24, 2.45) is 0 Å². The highest BCUT2D eigenvalue weighted by atomic mass is 32.2. The van der Waals surface area contributed by atoms with Gasteiger partial charge in [-0.05, 0) is 43.2 Å². The first-order chi connectivity index (χ1) is 20.5. The summed E-state index contributed by atoms with van der Waals surface area (Å²) in [5, 5.41) is 0. The van der Waals surface area contributed by atoms with Crippen molar-refractivity contribution in [3.05, 3.63) is 60.7 Å². The normalized spacial score (nSPS) is 18.5. The maximum Gasteiger partial charge on any atom is 0.471 e. The average molecular weight is 675 g/mol. The van der Waals surface area contributed by atoms with Gasteiger partial charge in [-0.2, -0.15) is 13.2 Å². The minimum Gasteiger partial charge on any atom is -0.467 e. The molecule has 1 aliphatic rings. The van der Waals surface area contributed by atoms with Crippen molar-refractivity contribution < 1.29 is 45.4 Å². The highest BCUT2D eigenvalue weighted by Crippen LogP contribution is 2.46. The SMILES string of the molecule is COC(=O)C(CC1(Sc2ccccc2)CCCN(S(=O)(=O)c2ccccc2)C1=O)N(COCC[Si](C)(C)C)C(=O)C(F)(F)F. The summed E-state index contributed by atoms with van der Waals surface area (Å²) in [6.45, 7) is 5.13. The number of methoxy groups -OCH3 is 1. The Balaban J connectivity index is 2.10. The van der Waals surface area contributed by atoms with Crippen LogP contribution in [0.3, 0.4) is 0 Å². The number of rotatable bonds is 13. The molecule has 1 heterocycles. The third kappa shape index (κ3) is 8.85. The van der Waals surface area contributed by atoms with E-state index < -0.39 is 66.0 Å². The Morgan fingerprint density at radius 2 is 1.66 bits per heavy atom. The fourth-order valence-corrected chi connectivity index (χ4v) is 8.46. The van der Waals surface area contributed by atoms with E-state index in [2.05, 4.69) is 0 Å². The topological polar surface area (TPSA) is 110 Å². The van der Waals surface area contributed by atoms with Gasteiger partial charge < -0.3 is 9.47 Å². The van der Waals surface area contributed by atoms with Crippen LogP contribution in [0.25, 0.3) is 0 Å². The largest absolute Gasteiger partial charge is 0.471 e. The summed E-state index contributed by atoms with van der Waals surface area (Å²) < 4.78 is 78.2. The fourth-order valence-electron chi connectivity index (χ4n) is 4.70. The van der Waals surface area contributed by atoms with Crippen LogP contribution in [0.2, 0.25) is 25.7 Å². The zero-order valence-corrected chi connectivity index (χ0v) is 27.6. The van der Waals surface area contributed by atoms with Crippen LogP contribution in [-0.2, 0) is 33.9 Å². The second-order valence-corrected chi connectivity index (χ2v) is 20.5. The quantitative estimate of drug-likeness (QED) is 0.124. The number of hydrogen-bond acceptors (Lipinski definition) is 8. The maximum absolute atomic E-state index is 14.3. The molecule has 0 bridgehead atoms. The molecule has 0 aromatic heterocycles. The van der Waals surface area contributed by atoms with Crippen LogP contribution in [0.1, 0.15) is 19.3 Å². The number of sulfonamides is 1. The summed E-state index contributed by atoms with van der Waals surface area (Å²) in [6.07, 6.45) is -5.85. The first-order valence-corrected chi connectivity index (χ1v) is 19.9. The molecule has 0 saturated carbocycles. The summed E-state index contributed by atoms with van der Waals surface area (Å²) in [7, 11) is -5.05. The van der Waals surface area contributed by atoms with E-state index in [1.54, 1.807) is 36.4 Å². The van der Waals surface area contributed by atoms with Gasteiger partial charge in [0.05, 0.1) is 12.0 Å². The maximum atomic E-state index is 14.3. The number of esters is 1. The van der Waals surface area contributed by atoms with Gasteiger partial charge in [0.1, 0.15) is 17.5 Å². The van der Waals surface area contributed by atoms with Crippen LogP contribution in [-0.4, -0.2) is 87.4 Å². The number of hydrogen-bond donors (Lipinski definition) is 0. The Bertz CT molecular complexity index is 1410. The van der Waals surface area contributed by atoms with Gasteiger partial charge in [-0.15, -0.1) is 11.8 Å². The van der Waals surface area contributed by atoms with Gasteiger partial charge in [-0.3, -0.25) is 14.5 Å². The molecule has 1 saturated heterocycles. The van der Waals surface area contributed by atoms with Gasteiger partial charge in [0, 0.05) is 32.5 Å². The lowest BCUT2D eigenvalue weighted by Gasteiger charge is -2.43. The smallest absolute Gasteiger partial charge is 0.467 e. The van der Waals surface area contributed by atoms with Crippen molar-refractivity contribution in [2.45, 2.75) is 71.7 Å². The Morgan fingerprint density at radius 3 is 2.20 bits per heavy atom. The summed E-state index contributed by atoms with van der Waals surface area (Å²) >= 11 is 0.942. The van der Waals surface area contributed by atoms with E-state index in [0.29, 0.717) is 15.2 Å². The molecular formula is C29H37F3N2O7S2Si. The minimum atomic E-state index is -5.37. The van der Waals surface area contributed by atoms with Crippen LogP contribution in [0, 0.1) is 0 Å². The first-order valence-electron chi connectivity index (χ1n) is 13.9. The minimum absolute atomic E-state index is 0.0181. The number of amides is 2. The van der Waals surface area contributed by atoms with Crippen molar-refractivity contribution in [3.63, 3.8) is 0 Å². The number of carbonyl (C=O) groups is 3. The molecule has 242 valence electrons. The summed E-state index contributed by atoms with van der Waals surface area (Å²) in [5.41, 5.74) is 0. The average Bonchev–Trinajstić information content (AvgIpc) is 2.97. The molecule has 44 heavy (non-hydrogen) atoms. The van der Waals surface area contributed by atoms with E-state index in [4.69, 9.17) is 9.47 Å².